The van der Waals surface area contributed by atoms with E-state index in [1.807, 2.05) is 0 Å². The Balaban J connectivity index is 3.14. The largest absolute Gasteiger partial charge is 0.508 e. The van der Waals surface area contributed by atoms with Crippen molar-refractivity contribution in [2.45, 2.75) is 56.3 Å². The van der Waals surface area contributed by atoms with Crippen LogP contribution in [0.5, 0.6) is 5.75 Å². The molecular formula is C23H33N5O9S. The Kier molecular flexibility index (Phi) is 13.6. The van der Waals surface area contributed by atoms with Gasteiger partial charge < -0.3 is 42.7 Å². The summed E-state index contributed by atoms with van der Waals surface area (Å²) >= 11 is 1.39. The van der Waals surface area contributed by atoms with Gasteiger partial charge in [-0.25, -0.2) is 4.79 Å². The number of phenols is 1. The molecule has 4 atom stereocenters. The maximum Gasteiger partial charge on any atom is 0.326 e. The topological polar surface area (TPSA) is 251 Å². The van der Waals surface area contributed by atoms with Gasteiger partial charge in [-0.3, -0.25) is 24.0 Å². The van der Waals surface area contributed by atoms with Gasteiger partial charge >= 0.3 is 11.9 Å². The van der Waals surface area contributed by atoms with E-state index >= 15 is 0 Å². The number of benzene rings is 1. The first kappa shape index (κ1) is 32.2. The summed E-state index contributed by atoms with van der Waals surface area (Å²) in [5.41, 5.74) is 11.2. The fraction of sp³-hybridized carbons (Fsp3) is 0.478. The highest BCUT2D eigenvalue weighted by Gasteiger charge is 2.31. The number of hydrogen-bond donors (Lipinski definition) is 8. The van der Waals surface area contributed by atoms with Gasteiger partial charge in [0.15, 0.2) is 0 Å². The number of aromatic hydroxyl groups is 1. The van der Waals surface area contributed by atoms with Crippen molar-refractivity contribution in [3.63, 3.8) is 0 Å². The molecule has 15 heteroatoms. The first-order valence-electron chi connectivity index (χ1n) is 11.5. The highest BCUT2D eigenvalue weighted by Crippen LogP contribution is 2.12. The molecule has 38 heavy (non-hydrogen) atoms. The Morgan fingerprint density at radius 2 is 1.42 bits per heavy atom. The van der Waals surface area contributed by atoms with Crippen LogP contribution in [-0.2, 0) is 35.2 Å². The zero-order valence-corrected chi connectivity index (χ0v) is 21.5. The van der Waals surface area contributed by atoms with Crippen LogP contribution in [0.15, 0.2) is 24.3 Å². The number of carbonyl (C=O) groups is 6. The number of phenolic OH excluding ortho intramolecular Hbond substituents is 1. The minimum absolute atomic E-state index is 0.0365. The molecule has 0 aliphatic rings. The van der Waals surface area contributed by atoms with Crippen LogP contribution in [-0.4, -0.2) is 87.1 Å². The van der Waals surface area contributed by atoms with Crippen LogP contribution in [0.25, 0.3) is 0 Å². The number of carbonyl (C=O) groups excluding carboxylic acids is 4. The third-order valence-electron chi connectivity index (χ3n) is 5.27. The van der Waals surface area contributed by atoms with E-state index in [1.165, 1.54) is 36.0 Å². The minimum Gasteiger partial charge on any atom is -0.508 e. The molecule has 0 saturated carbocycles. The Morgan fingerprint density at radius 1 is 0.868 bits per heavy atom. The second kappa shape index (κ2) is 16.1. The number of nitrogens with two attached hydrogens (primary N) is 2. The number of thioether (sulfide) groups is 1. The molecule has 0 aliphatic heterocycles. The van der Waals surface area contributed by atoms with Crippen molar-refractivity contribution in [1.29, 1.82) is 0 Å². The number of carboxylic acids is 2. The molecule has 0 spiro atoms. The second-order valence-corrected chi connectivity index (χ2v) is 9.37. The minimum atomic E-state index is -1.53. The quantitative estimate of drug-likeness (QED) is 0.107. The number of primary amides is 1. The van der Waals surface area contributed by atoms with Gasteiger partial charge in [-0.15, -0.1) is 0 Å². The van der Waals surface area contributed by atoms with Crippen molar-refractivity contribution in [3.05, 3.63) is 29.8 Å². The van der Waals surface area contributed by atoms with Crippen molar-refractivity contribution < 1.29 is 44.1 Å². The highest BCUT2D eigenvalue weighted by molar-refractivity contribution is 7.98. The number of carboxylic acid groups (broad SMARTS) is 2. The number of amides is 4. The summed E-state index contributed by atoms with van der Waals surface area (Å²) in [4.78, 5) is 72.1. The normalized spacial score (nSPS) is 13.8. The number of hydrogen-bond acceptors (Lipinski definition) is 9. The molecule has 0 aromatic heterocycles. The zero-order chi connectivity index (χ0) is 28.8. The van der Waals surface area contributed by atoms with Crippen molar-refractivity contribution >= 4 is 47.3 Å². The summed E-state index contributed by atoms with van der Waals surface area (Å²) in [7, 11) is 0. The molecule has 4 unspecified atom stereocenters. The average molecular weight is 556 g/mol. The maximum atomic E-state index is 13.1. The van der Waals surface area contributed by atoms with E-state index in [1.54, 1.807) is 6.26 Å². The van der Waals surface area contributed by atoms with E-state index in [2.05, 4.69) is 16.0 Å². The average Bonchev–Trinajstić information content (AvgIpc) is 2.83. The van der Waals surface area contributed by atoms with Crippen molar-refractivity contribution in [1.82, 2.24) is 16.0 Å². The summed E-state index contributed by atoms with van der Waals surface area (Å²) in [5, 5.41) is 35.0. The lowest BCUT2D eigenvalue weighted by Gasteiger charge is -2.25. The summed E-state index contributed by atoms with van der Waals surface area (Å²) in [6.07, 6.45) is 0.460. The highest BCUT2D eigenvalue weighted by atomic mass is 32.2. The van der Waals surface area contributed by atoms with Crippen LogP contribution in [0.1, 0.15) is 31.2 Å². The van der Waals surface area contributed by atoms with Gasteiger partial charge in [0, 0.05) is 12.8 Å². The van der Waals surface area contributed by atoms with E-state index in [9.17, 15) is 39.0 Å². The number of nitrogens with one attached hydrogen (secondary N) is 3. The molecule has 14 nitrogen and oxygen atoms in total. The van der Waals surface area contributed by atoms with Gasteiger partial charge in [0.05, 0.1) is 12.5 Å². The first-order valence-corrected chi connectivity index (χ1v) is 12.9. The lowest BCUT2D eigenvalue weighted by Crippen LogP contribution is -2.58. The van der Waals surface area contributed by atoms with Crippen molar-refractivity contribution in [2.24, 2.45) is 11.5 Å². The van der Waals surface area contributed by atoms with E-state index in [-0.39, 0.29) is 25.0 Å². The first-order chi connectivity index (χ1) is 17.8. The van der Waals surface area contributed by atoms with Crippen LogP contribution in [0.2, 0.25) is 0 Å². The van der Waals surface area contributed by atoms with Gasteiger partial charge in [-0.1, -0.05) is 12.1 Å². The smallest absolute Gasteiger partial charge is 0.326 e. The summed E-state index contributed by atoms with van der Waals surface area (Å²) in [5.74, 6) is -5.58. The third-order valence-corrected chi connectivity index (χ3v) is 5.92. The molecular weight excluding hydrogens is 522 g/mol. The predicted octanol–water partition coefficient (Wildman–Crippen LogP) is -1.71. The molecule has 1 aromatic rings. The third kappa shape index (κ3) is 11.9. The molecule has 1 rings (SSSR count). The van der Waals surface area contributed by atoms with Crippen LogP contribution >= 0.6 is 11.8 Å². The van der Waals surface area contributed by atoms with Gasteiger partial charge in [0.25, 0.3) is 0 Å². The molecule has 4 amide bonds. The Bertz CT molecular complexity index is 1010. The Labute approximate surface area is 222 Å². The van der Waals surface area contributed by atoms with Gasteiger partial charge in [-0.2, -0.15) is 11.8 Å². The summed E-state index contributed by atoms with van der Waals surface area (Å²) in [6.45, 7) is 0. The van der Waals surface area contributed by atoms with Gasteiger partial charge in [-0.05, 0) is 42.5 Å². The monoisotopic (exact) mass is 555 g/mol. The van der Waals surface area contributed by atoms with E-state index in [4.69, 9.17) is 16.6 Å². The molecule has 0 fully saturated rings. The Morgan fingerprint density at radius 3 is 1.95 bits per heavy atom. The molecule has 0 saturated heterocycles. The molecule has 0 heterocycles. The van der Waals surface area contributed by atoms with Crippen LogP contribution in [0, 0.1) is 0 Å². The lowest BCUT2D eigenvalue weighted by atomic mass is 10.0. The fourth-order valence-electron chi connectivity index (χ4n) is 3.24. The predicted molar refractivity (Wildman–Crippen MR) is 137 cm³/mol. The molecule has 10 N–H and O–H groups in total. The van der Waals surface area contributed by atoms with E-state index in [0.717, 1.165) is 0 Å². The SMILES string of the molecule is CSCCC(NC(=O)C(N)CC(N)=O)C(=O)NC(Cc1ccc(O)cc1)C(=O)NC(CCC(=O)O)C(=O)O. The zero-order valence-electron chi connectivity index (χ0n) is 20.7. The molecule has 0 aliphatic carbocycles. The van der Waals surface area contributed by atoms with Crippen molar-refractivity contribution in [2.75, 3.05) is 12.0 Å². The molecule has 0 bridgehead atoms. The van der Waals surface area contributed by atoms with Crippen LogP contribution in [0.4, 0.5) is 0 Å². The fourth-order valence-corrected chi connectivity index (χ4v) is 3.71. The van der Waals surface area contributed by atoms with E-state index in [0.29, 0.717) is 11.3 Å². The number of rotatable bonds is 17. The summed E-state index contributed by atoms with van der Waals surface area (Å²) < 4.78 is 0. The second-order valence-electron chi connectivity index (χ2n) is 8.38. The lowest BCUT2D eigenvalue weighted by molar-refractivity contribution is -0.143. The molecule has 1 aromatic carbocycles. The van der Waals surface area contributed by atoms with Crippen LogP contribution < -0.4 is 27.4 Å². The van der Waals surface area contributed by atoms with Crippen LogP contribution in [0.3, 0.4) is 0 Å². The number of aliphatic carboxylic acids is 2. The summed E-state index contributed by atoms with van der Waals surface area (Å²) in [6, 6.07) is 0.419. The van der Waals surface area contributed by atoms with Gasteiger partial charge in [0.2, 0.25) is 23.6 Å². The van der Waals surface area contributed by atoms with Crippen molar-refractivity contribution in [3.8, 4) is 5.75 Å². The molecule has 0 radical (unpaired) electrons. The van der Waals surface area contributed by atoms with Gasteiger partial charge in [0.1, 0.15) is 23.9 Å². The van der Waals surface area contributed by atoms with E-state index < -0.39 is 72.6 Å². The maximum absolute atomic E-state index is 13.1. The standard InChI is InChI=1S/C23H33N5O9S/c1-38-9-8-15(26-20(33)14(24)11-18(25)30)21(34)28-17(10-12-2-4-13(29)5-3-12)22(35)27-16(23(36)37)6-7-19(31)32/h2-5,14-17,29H,6-11,24H2,1H3,(H2,25,30)(H,26,33)(H,27,35)(H,28,34)(H,31,32)(H,36,37). The molecule has 210 valence electrons. The Hall–Kier alpha value is -3.85.